The zero-order valence-electron chi connectivity index (χ0n) is 11.0. The first-order valence-electron chi connectivity index (χ1n) is 5.43. The van der Waals surface area contributed by atoms with Gasteiger partial charge in [-0.15, -0.1) is 0 Å². The minimum Gasteiger partial charge on any atom is -0.493 e. The molecule has 0 atom stereocenters. The summed E-state index contributed by atoms with van der Waals surface area (Å²) in [7, 11) is 3.21. The molecule has 1 aromatic carbocycles. The van der Waals surface area contributed by atoms with Gasteiger partial charge in [0.15, 0.2) is 16.6 Å². The molecule has 96 valence electrons. The molecule has 0 fully saturated rings. The van der Waals surface area contributed by atoms with Gasteiger partial charge in [-0.1, -0.05) is 23.6 Å². The predicted molar refractivity (Wildman–Crippen MR) is 74.3 cm³/mol. The van der Waals surface area contributed by atoms with Gasteiger partial charge in [0.25, 0.3) is 0 Å². The molecular formula is C14H16O3S. The van der Waals surface area contributed by atoms with Crippen molar-refractivity contribution in [1.29, 1.82) is 0 Å². The van der Waals surface area contributed by atoms with Crippen molar-refractivity contribution in [3.63, 3.8) is 0 Å². The quantitative estimate of drug-likeness (QED) is 0.786. The normalized spacial score (nSPS) is 9.33. The fraction of sp³-hybridized carbons (Fsp3) is 0.357. The van der Waals surface area contributed by atoms with Crippen LogP contribution in [0.1, 0.15) is 18.1 Å². The number of benzene rings is 1. The molecule has 0 N–H and O–H groups in total. The second kappa shape index (κ2) is 6.97. The fourth-order valence-corrected chi connectivity index (χ4v) is 1.85. The highest BCUT2D eigenvalue weighted by Crippen LogP contribution is 2.31. The highest BCUT2D eigenvalue weighted by molar-refractivity contribution is 8.13. The van der Waals surface area contributed by atoms with Gasteiger partial charge in [0.05, 0.1) is 20.0 Å². The van der Waals surface area contributed by atoms with Gasteiger partial charge in [0.1, 0.15) is 0 Å². The van der Waals surface area contributed by atoms with Crippen LogP contribution in [0.25, 0.3) is 0 Å². The van der Waals surface area contributed by atoms with Crippen LogP contribution < -0.4 is 9.47 Å². The summed E-state index contributed by atoms with van der Waals surface area (Å²) >= 11 is 1.20. The highest BCUT2D eigenvalue weighted by atomic mass is 32.2. The maximum atomic E-state index is 10.8. The van der Waals surface area contributed by atoms with E-state index in [2.05, 4.69) is 11.8 Å². The second-order valence-corrected chi connectivity index (χ2v) is 4.76. The molecule has 0 heterocycles. The number of ether oxygens (including phenoxy) is 2. The van der Waals surface area contributed by atoms with E-state index in [1.165, 1.54) is 18.7 Å². The summed E-state index contributed by atoms with van der Waals surface area (Å²) in [5.41, 5.74) is 1.83. The molecule has 18 heavy (non-hydrogen) atoms. The van der Waals surface area contributed by atoms with Crippen molar-refractivity contribution in [2.24, 2.45) is 0 Å². The first-order chi connectivity index (χ1) is 8.58. The highest BCUT2D eigenvalue weighted by Gasteiger charge is 2.07. The molecular weight excluding hydrogens is 248 g/mol. The van der Waals surface area contributed by atoms with Gasteiger partial charge >= 0.3 is 0 Å². The van der Waals surface area contributed by atoms with E-state index >= 15 is 0 Å². The van der Waals surface area contributed by atoms with Gasteiger partial charge in [0.2, 0.25) is 0 Å². The number of thioether (sulfide) groups is 1. The van der Waals surface area contributed by atoms with Crippen LogP contribution in [0.3, 0.4) is 0 Å². The molecule has 0 aliphatic heterocycles. The van der Waals surface area contributed by atoms with Crippen LogP contribution in [0.15, 0.2) is 12.1 Å². The van der Waals surface area contributed by atoms with E-state index in [-0.39, 0.29) is 5.12 Å². The van der Waals surface area contributed by atoms with Crippen molar-refractivity contribution in [2.75, 3.05) is 20.0 Å². The Morgan fingerprint density at radius 1 is 1.33 bits per heavy atom. The van der Waals surface area contributed by atoms with Crippen molar-refractivity contribution in [3.05, 3.63) is 23.3 Å². The molecule has 0 aliphatic carbocycles. The summed E-state index contributed by atoms with van der Waals surface area (Å²) in [6, 6.07) is 3.77. The van der Waals surface area contributed by atoms with E-state index in [1.807, 2.05) is 19.1 Å². The van der Waals surface area contributed by atoms with Crippen LogP contribution in [0.5, 0.6) is 11.5 Å². The molecule has 0 saturated carbocycles. The van der Waals surface area contributed by atoms with E-state index in [1.54, 1.807) is 14.2 Å². The van der Waals surface area contributed by atoms with Crippen molar-refractivity contribution in [2.45, 2.75) is 13.8 Å². The lowest BCUT2D eigenvalue weighted by Gasteiger charge is -2.10. The Balaban J connectivity index is 2.91. The summed E-state index contributed by atoms with van der Waals surface area (Å²) in [5.74, 6) is 7.85. The molecule has 0 saturated heterocycles. The maximum absolute atomic E-state index is 10.8. The first kappa shape index (κ1) is 14.5. The Morgan fingerprint density at radius 2 is 2.06 bits per heavy atom. The summed E-state index contributed by atoms with van der Waals surface area (Å²) in [5, 5.41) is 0.0767. The number of hydrogen-bond acceptors (Lipinski definition) is 4. The largest absolute Gasteiger partial charge is 0.493 e. The van der Waals surface area contributed by atoms with Crippen LogP contribution in [-0.2, 0) is 4.79 Å². The maximum Gasteiger partial charge on any atom is 0.186 e. The van der Waals surface area contributed by atoms with Gasteiger partial charge in [-0.3, -0.25) is 4.79 Å². The molecule has 0 aliphatic rings. The van der Waals surface area contributed by atoms with Crippen LogP contribution in [0, 0.1) is 18.8 Å². The SMILES string of the molecule is COc1cc(C#CCSC(C)=O)cc(C)c1OC. The van der Waals surface area contributed by atoms with Crippen molar-refractivity contribution >= 4 is 16.9 Å². The number of aryl methyl sites for hydroxylation is 1. The summed E-state index contributed by atoms with van der Waals surface area (Å²) in [4.78, 5) is 10.8. The minimum absolute atomic E-state index is 0.0767. The zero-order chi connectivity index (χ0) is 13.5. The standard InChI is InChI=1S/C14H16O3S/c1-10-8-12(6-5-7-18-11(2)15)9-13(16-3)14(10)17-4/h8-9H,7H2,1-4H3. The monoisotopic (exact) mass is 264 g/mol. The Kier molecular flexibility index (Phi) is 5.60. The van der Waals surface area contributed by atoms with Gasteiger partial charge in [0, 0.05) is 12.5 Å². The molecule has 0 amide bonds. The molecule has 4 heteroatoms. The molecule has 1 rings (SSSR count). The van der Waals surface area contributed by atoms with Crippen LogP contribution in [0.2, 0.25) is 0 Å². The summed E-state index contributed by atoms with van der Waals surface area (Å²) in [6.45, 7) is 3.48. The molecule has 0 aromatic heterocycles. The summed E-state index contributed by atoms with van der Waals surface area (Å²) < 4.78 is 10.5. The number of rotatable bonds is 3. The summed E-state index contributed by atoms with van der Waals surface area (Å²) in [6.07, 6.45) is 0. The molecule has 0 radical (unpaired) electrons. The molecule has 0 unspecified atom stereocenters. The molecule has 3 nitrogen and oxygen atoms in total. The Labute approximate surface area is 112 Å². The number of carbonyl (C=O) groups excluding carboxylic acids is 1. The third-order valence-electron chi connectivity index (χ3n) is 2.24. The van der Waals surface area contributed by atoms with Gasteiger partial charge in [-0.2, -0.15) is 0 Å². The first-order valence-corrected chi connectivity index (χ1v) is 6.42. The van der Waals surface area contributed by atoms with E-state index in [0.29, 0.717) is 11.5 Å². The van der Waals surface area contributed by atoms with Crippen LogP contribution in [0.4, 0.5) is 0 Å². The Bertz CT molecular complexity index is 498. The van der Waals surface area contributed by atoms with E-state index in [9.17, 15) is 4.79 Å². The zero-order valence-corrected chi connectivity index (χ0v) is 11.8. The molecule has 0 spiro atoms. The second-order valence-electron chi connectivity index (χ2n) is 3.61. The van der Waals surface area contributed by atoms with Gasteiger partial charge in [-0.25, -0.2) is 0 Å². The lowest BCUT2D eigenvalue weighted by molar-refractivity contribution is -0.109. The lowest BCUT2D eigenvalue weighted by Crippen LogP contribution is -1.94. The third-order valence-corrected chi connectivity index (χ3v) is 2.94. The van der Waals surface area contributed by atoms with Crippen LogP contribution >= 0.6 is 11.8 Å². The number of methoxy groups -OCH3 is 2. The van der Waals surface area contributed by atoms with E-state index < -0.39 is 0 Å². The van der Waals surface area contributed by atoms with E-state index in [4.69, 9.17) is 9.47 Å². The van der Waals surface area contributed by atoms with Gasteiger partial charge in [-0.05, 0) is 24.6 Å². The third kappa shape index (κ3) is 4.01. The topological polar surface area (TPSA) is 35.5 Å². The lowest BCUT2D eigenvalue weighted by atomic mass is 10.1. The number of carbonyl (C=O) groups is 1. The Morgan fingerprint density at radius 3 is 2.61 bits per heavy atom. The number of hydrogen-bond donors (Lipinski definition) is 0. The van der Waals surface area contributed by atoms with Crippen molar-refractivity contribution in [3.8, 4) is 23.3 Å². The molecule has 0 bridgehead atoms. The Hall–Kier alpha value is -1.60. The van der Waals surface area contributed by atoms with E-state index in [0.717, 1.165) is 16.9 Å². The fourth-order valence-electron chi connectivity index (χ4n) is 1.50. The minimum atomic E-state index is 0.0767. The predicted octanol–water partition coefficient (Wildman–Crippen LogP) is 2.64. The molecule has 1 aromatic rings. The van der Waals surface area contributed by atoms with Crippen molar-refractivity contribution in [1.82, 2.24) is 0 Å². The van der Waals surface area contributed by atoms with Gasteiger partial charge < -0.3 is 9.47 Å². The average Bonchev–Trinajstić information content (AvgIpc) is 2.33. The van der Waals surface area contributed by atoms with Crippen molar-refractivity contribution < 1.29 is 14.3 Å². The average molecular weight is 264 g/mol. The van der Waals surface area contributed by atoms with Crippen LogP contribution in [-0.4, -0.2) is 25.1 Å². The smallest absolute Gasteiger partial charge is 0.186 e.